The molecule has 0 fully saturated rings. The van der Waals surface area contributed by atoms with Gasteiger partial charge in [-0.3, -0.25) is 0 Å². The van der Waals surface area contributed by atoms with E-state index in [0.29, 0.717) is 11.5 Å². The van der Waals surface area contributed by atoms with Gasteiger partial charge in [-0.1, -0.05) is 87.0 Å². The predicted octanol–water partition coefficient (Wildman–Crippen LogP) is 12.6. The maximum absolute atomic E-state index is 6.56. The van der Waals surface area contributed by atoms with Gasteiger partial charge in [-0.2, -0.15) is 12.1 Å². The van der Waals surface area contributed by atoms with Crippen LogP contribution in [0.25, 0.3) is 38.8 Å². The van der Waals surface area contributed by atoms with Crippen LogP contribution in [0.5, 0.6) is 11.5 Å². The molecule has 0 radical (unpaired) electrons. The minimum atomic E-state index is -0.0106. The molecular formula is C48H39N4OPt-3. The van der Waals surface area contributed by atoms with Gasteiger partial charge in [-0.15, -0.1) is 48.1 Å². The molecule has 270 valence electrons. The van der Waals surface area contributed by atoms with E-state index in [1.165, 1.54) is 27.8 Å². The van der Waals surface area contributed by atoms with Crippen molar-refractivity contribution in [1.82, 2.24) is 9.55 Å². The maximum Gasteiger partial charge on any atom is 0.135 e. The zero-order valence-electron chi connectivity index (χ0n) is 30.9. The Bertz CT molecular complexity index is 2660. The van der Waals surface area contributed by atoms with Gasteiger partial charge in [-0.25, -0.2) is 4.98 Å². The molecule has 54 heavy (non-hydrogen) atoms. The van der Waals surface area contributed by atoms with Crippen LogP contribution in [0.3, 0.4) is 0 Å². The quantitative estimate of drug-likeness (QED) is 0.156. The molecular weight excluding hydrogens is 844 g/mol. The first-order chi connectivity index (χ1) is 25.7. The largest absolute Gasteiger partial charge is 0.509 e. The average Bonchev–Trinajstić information content (AvgIpc) is 3.70. The molecule has 0 saturated heterocycles. The van der Waals surface area contributed by atoms with Crippen molar-refractivity contribution in [2.24, 2.45) is 0 Å². The van der Waals surface area contributed by atoms with E-state index >= 15 is 0 Å². The Hall–Kier alpha value is -5.64. The minimum Gasteiger partial charge on any atom is -0.509 e. The number of pyridine rings is 1. The van der Waals surface area contributed by atoms with Gasteiger partial charge in [0.1, 0.15) is 5.82 Å². The molecule has 1 aliphatic rings. The average molecular weight is 883 g/mol. The van der Waals surface area contributed by atoms with Crippen molar-refractivity contribution in [1.29, 1.82) is 0 Å². The van der Waals surface area contributed by atoms with Crippen LogP contribution in [0.15, 0.2) is 140 Å². The summed E-state index contributed by atoms with van der Waals surface area (Å²) >= 11 is 0. The van der Waals surface area contributed by atoms with Gasteiger partial charge in [-0.05, 0) is 94.9 Å². The van der Waals surface area contributed by atoms with Gasteiger partial charge in [0.15, 0.2) is 0 Å². The summed E-state index contributed by atoms with van der Waals surface area (Å²) in [6.07, 6.45) is 1.90. The molecule has 6 heteroatoms. The van der Waals surface area contributed by atoms with Gasteiger partial charge in [0, 0.05) is 61.3 Å². The first-order valence-corrected chi connectivity index (χ1v) is 18.0. The maximum atomic E-state index is 6.56. The molecule has 0 amide bonds. The number of nitrogens with zero attached hydrogens (tertiary/aromatic N) is 4. The number of aryl methyl sites for hydroxylation is 2. The van der Waals surface area contributed by atoms with E-state index < -0.39 is 0 Å². The number of para-hydroxylation sites is 1. The van der Waals surface area contributed by atoms with Crippen LogP contribution in [0, 0.1) is 32.6 Å². The van der Waals surface area contributed by atoms with Crippen molar-refractivity contribution >= 4 is 44.6 Å². The summed E-state index contributed by atoms with van der Waals surface area (Å²) in [7, 11) is 0. The fourth-order valence-electron chi connectivity index (χ4n) is 7.21. The SMILES string of the molecule is Cc1cc2c(cc1C)N(c1cccc(-c3ccccc3)c1)[CH-]N2c1[c-]c(Oc2[c-]c3c(cc2)c2ccccc2n3-c2cc(C(C)(C)C)ccn2)ccc1.[Pt]. The van der Waals surface area contributed by atoms with Crippen molar-refractivity contribution in [3.05, 3.63) is 175 Å². The third-order valence-electron chi connectivity index (χ3n) is 10.2. The molecule has 0 unspecified atom stereocenters. The first kappa shape index (κ1) is 35.4. The van der Waals surface area contributed by atoms with Gasteiger partial charge in [0.2, 0.25) is 0 Å². The van der Waals surface area contributed by atoms with Crippen molar-refractivity contribution in [2.75, 3.05) is 9.80 Å². The summed E-state index contributed by atoms with van der Waals surface area (Å²) in [5.41, 5.74) is 12.2. The third-order valence-corrected chi connectivity index (χ3v) is 10.2. The van der Waals surface area contributed by atoms with E-state index in [9.17, 15) is 0 Å². The Balaban J connectivity index is 0.00000413. The molecule has 0 atom stereocenters. The summed E-state index contributed by atoms with van der Waals surface area (Å²) in [5.74, 6) is 2.08. The van der Waals surface area contributed by atoms with E-state index in [-0.39, 0.29) is 26.5 Å². The van der Waals surface area contributed by atoms with Crippen molar-refractivity contribution in [3.63, 3.8) is 0 Å². The molecule has 8 aromatic rings. The second-order valence-electron chi connectivity index (χ2n) is 14.8. The monoisotopic (exact) mass is 882 g/mol. The van der Waals surface area contributed by atoms with Crippen LogP contribution in [0.4, 0.5) is 22.7 Å². The Morgan fingerprint density at radius 1 is 0.630 bits per heavy atom. The standard InChI is InChI=1S/C48H39N4O.Pt/c1-32-25-45-46(26-33(32)2)51(31-50(45)37-16-11-15-35(27-37)34-13-7-6-8-14-34)38-17-12-18-39(29-38)53-40-21-22-42-41-19-9-10-20-43(41)52(44(42)30-40)47-28-36(23-24-49-47)48(3,4)5;/h6-28,31H,1-5H3;/q-3;. The summed E-state index contributed by atoms with van der Waals surface area (Å²) in [6, 6.07) is 53.8. The molecule has 0 saturated carbocycles. The molecule has 5 nitrogen and oxygen atoms in total. The molecule has 3 heterocycles. The number of rotatable bonds is 6. The second-order valence-corrected chi connectivity index (χ2v) is 14.8. The van der Waals surface area contributed by atoms with E-state index in [1.54, 1.807) is 0 Å². The Labute approximate surface area is 331 Å². The Morgan fingerprint density at radius 2 is 1.33 bits per heavy atom. The third kappa shape index (κ3) is 6.37. The van der Waals surface area contributed by atoms with Crippen LogP contribution >= 0.6 is 0 Å². The van der Waals surface area contributed by atoms with Crippen LogP contribution in [0.1, 0.15) is 37.5 Å². The predicted molar refractivity (Wildman–Crippen MR) is 218 cm³/mol. The summed E-state index contributed by atoms with van der Waals surface area (Å²) in [5, 5.41) is 2.24. The zero-order valence-corrected chi connectivity index (χ0v) is 33.1. The summed E-state index contributed by atoms with van der Waals surface area (Å²) < 4.78 is 8.75. The Morgan fingerprint density at radius 3 is 2.13 bits per heavy atom. The smallest absolute Gasteiger partial charge is 0.135 e. The molecule has 2 aromatic heterocycles. The molecule has 0 bridgehead atoms. The normalized spacial score (nSPS) is 12.6. The van der Waals surface area contributed by atoms with Gasteiger partial charge >= 0.3 is 0 Å². The van der Waals surface area contributed by atoms with Crippen molar-refractivity contribution in [2.45, 2.75) is 40.0 Å². The first-order valence-electron chi connectivity index (χ1n) is 18.0. The molecule has 0 aliphatic carbocycles. The number of fused-ring (bicyclic) bond motifs is 4. The zero-order chi connectivity index (χ0) is 36.3. The van der Waals surface area contributed by atoms with Crippen molar-refractivity contribution < 1.29 is 25.8 Å². The number of benzene rings is 6. The Kier molecular flexibility index (Phi) is 9.16. The van der Waals surface area contributed by atoms with Gasteiger partial charge in [0.25, 0.3) is 0 Å². The van der Waals surface area contributed by atoms with Crippen molar-refractivity contribution in [3.8, 4) is 28.4 Å². The van der Waals surface area contributed by atoms with Gasteiger partial charge < -0.3 is 19.1 Å². The summed E-state index contributed by atoms with van der Waals surface area (Å²) in [6.45, 7) is 13.2. The van der Waals surface area contributed by atoms with E-state index in [2.05, 4.69) is 183 Å². The number of aromatic nitrogens is 2. The van der Waals surface area contributed by atoms with Crippen LogP contribution in [-0.2, 0) is 26.5 Å². The molecule has 1 aliphatic heterocycles. The number of ether oxygens (including phenoxy) is 1. The topological polar surface area (TPSA) is 33.5 Å². The molecule has 0 N–H and O–H groups in total. The van der Waals surface area contributed by atoms with Crippen LogP contribution in [-0.4, -0.2) is 9.55 Å². The number of hydrogen-bond donors (Lipinski definition) is 0. The number of anilines is 4. The number of hydrogen-bond acceptors (Lipinski definition) is 4. The minimum absolute atomic E-state index is 0. The molecule has 6 aromatic carbocycles. The van der Waals surface area contributed by atoms with E-state index in [0.717, 1.165) is 50.4 Å². The summed E-state index contributed by atoms with van der Waals surface area (Å²) in [4.78, 5) is 9.29. The molecule has 9 rings (SSSR count). The van der Waals surface area contributed by atoms with Crippen LogP contribution < -0.4 is 14.5 Å². The van der Waals surface area contributed by atoms with Gasteiger partial charge in [0.05, 0.1) is 0 Å². The van der Waals surface area contributed by atoms with E-state index in [4.69, 9.17) is 9.72 Å². The fraction of sp³-hybridized carbons (Fsp3) is 0.125. The van der Waals surface area contributed by atoms with Crippen LogP contribution in [0.2, 0.25) is 0 Å². The van der Waals surface area contributed by atoms with E-state index in [1.807, 2.05) is 24.4 Å². The molecule has 0 spiro atoms. The second kappa shape index (κ2) is 14.0. The fourth-order valence-corrected chi connectivity index (χ4v) is 7.21.